The second-order valence-corrected chi connectivity index (χ2v) is 8.05. The van der Waals surface area contributed by atoms with Gasteiger partial charge in [-0.1, -0.05) is 43.7 Å². The van der Waals surface area contributed by atoms with Gasteiger partial charge in [0.1, 0.15) is 0 Å². The lowest BCUT2D eigenvalue weighted by Gasteiger charge is -2.42. The van der Waals surface area contributed by atoms with Crippen LogP contribution < -0.4 is 0 Å². The summed E-state index contributed by atoms with van der Waals surface area (Å²) < 4.78 is 0. The maximum absolute atomic E-state index is 12.7. The van der Waals surface area contributed by atoms with Crippen LogP contribution in [0, 0.1) is 12.8 Å². The van der Waals surface area contributed by atoms with E-state index < -0.39 is 0 Å². The van der Waals surface area contributed by atoms with Crippen molar-refractivity contribution < 1.29 is 9.90 Å². The molecule has 0 spiro atoms. The molecule has 0 aromatic heterocycles. The van der Waals surface area contributed by atoms with Crippen LogP contribution in [0.15, 0.2) is 24.3 Å². The van der Waals surface area contributed by atoms with E-state index in [0.29, 0.717) is 12.5 Å². The van der Waals surface area contributed by atoms with Crippen LogP contribution in [0.2, 0.25) is 0 Å². The minimum Gasteiger partial charge on any atom is -0.396 e. The summed E-state index contributed by atoms with van der Waals surface area (Å²) in [4.78, 5) is 19.2. The second-order valence-electron chi connectivity index (χ2n) is 8.05. The van der Waals surface area contributed by atoms with Gasteiger partial charge in [0.15, 0.2) is 0 Å². The number of rotatable bonds is 8. The lowest BCUT2D eigenvalue weighted by atomic mass is 10.1. The van der Waals surface area contributed by atoms with E-state index >= 15 is 0 Å². The Kier molecular flexibility index (Phi) is 8.07. The normalized spacial score (nSPS) is 18.7. The number of hydrogen-bond acceptors (Lipinski definition) is 4. The van der Waals surface area contributed by atoms with Crippen LogP contribution in [-0.2, 0) is 11.3 Å². The van der Waals surface area contributed by atoms with Crippen molar-refractivity contribution in [3.8, 4) is 0 Å². The largest absolute Gasteiger partial charge is 0.396 e. The highest BCUT2D eigenvalue weighted by atomic mass is 16.3. The monoisotopic (exact) mass is 361 g/mol. The number of benzene rings is 1. The molecule has 1 aliphatic rings. The number of aliphatic hydroxyl groups excluding tert-OH is 1. The molecule has 1 unspecified atom stereocenters. The van der Waals surface area contributed by atoms with Gasteiger partial charge < -0.3 is 10.0 Å². The summed E-state index contributed by atoms with van der Waals surface area (Å²) in [6.07, 6.45) is 0.732. The summed E-state index contributed by atoms with van der Waals surface area (Å²) in [6, 6.07) is 8.73. The SMILES string of the molecule is Cc1ccc(CN(C)CC(=O)N2CCN(CC(C)C)C(CCO)C2)cc1. The van der Waals surface area contributed by atoms with Crippen molar-refractivity contribution in [2.24, 2.45) is 5.92 Å². The Bertz CT molecular complexity index is 559. The van der Waals surface area contributed by atoms with E-state index in [9.17, 15) is 9.90 Å². The van der Waals surface area contributed by atoms with Gasteiger partial charge in [-0.3, -0.25) is 14.6 Å². The highest BCUT2D eigenvalue weighted by molar-refractivity contribution is 5.78. The summed E-state index contributed by atoms with van der Waals surface area (Å²) in [7, 11) is 2.00. The van der Waals surface area contributed by atoms with Gasteiger partial charge in [0.25, 0.3) is 0 Å². The van der Waals surface area contributed by atoms with Crippen molar-refractivity contribution >= 4 is 5.91 Å². The Morgan fingerprint density at radius 2 is 1.96 bits per heavy atom. The Labute approximate surface area is 158 Å². The molecule has 146 valence electrons. The molecular weight excluding hydrogens is 326 g/mol. The van der Waals surface area contributed by atoms with Crippen LogP contribution in [0.4, 0.5) is 0 Å². The molecule has 1 aromatic carbocycles. The van der Waals surface area contributed by atoms with E-state index in [2.05, 4.69) is 54.8 Å². The summed E-state index contributed by atoms with van der Waals surface area (Å²) >= 11 is 0. The van der Waals surface area contributed by atoms with Gasteiger partial charge in [0, 0.05) is 45.4 Å². The second kappa shape index (κ2) is 10.0. The molecule has 1 amide bonds. The number of likely N-dealkylation sites (N-methyl/N-ethyl adjacent to an activating group) is 1. The molecule has 1 N–H and O–H groups in total. The van der Waals surface area contributed by atoms with Gasteiger partial charge in [-0.15, -0.1) is 0 Å². The molecule has 5 heteroatoms. The van der Waals surface area contributed by atoms with Crippen molar-refractivity contribution in [1.29, 1.82) is 0 Å². The summed E-state index contributed by atoms with van der Waals surface area (Å²) in [6.45, 7) is 11.3. The van der Waals surface area contributed by atoms with Crippen LogP contribution in [0.3, 0.4) is 0 Å². The first-order chi connectivity index (χ1) is 12.4. The summed E-state index contributed by atoms with van der Waals surface area (Å²) in [5, 5.41) is 9.39. The number of amides is 1. The van der Waals surface area contributed by atoms with Crippen molar-refractivity contribution in [3.05, 3.63) is 35.4 Å². The molecule has 5 nitrogen and oxygen atoms in total. The maximum atomic E-state index is 12.7. The van der Waals surface area contributed by atoms with Crippen LogP contribution in [-0.4, -0.2) is 78.1 Å². The highest BCUT2D eigenvalue weighted by Gasteiger charge is 2.29. The molecule has 1 fully saturated rings. The van der Waals surface area contributed by atoms with Gasteiger partial charge in [0.2, 0.25) is 5.91 Å². The van der Waals surface area contributed by atoms with Crippen LogP contribution in [0.1, 0.15) is 31.4 Å². The van der Waals surface area contributed by atoms with Gasteiger partial charge in [-0.05, 0) is 31.9 Å². The fourth-order valence-corrected chi connectivity index (χ4v) is 3.64. The number of hydrogen-bond donors (Lipinski definition) is 1. The first kappa shape index (κ1) is 20.9. The Balaban J connectivity index is 1.87. The molecule has 0 saturated carbocycles. The number of carbonyl (C=O) groups is 1. The fourth-order valence-electron chi connectivity index (χ4n) is 3.64. The number of piperazine rings is 1. The van der Waals surface area contributed by atoms with E-state index in [1.807, 2.05) is 11.9 Å². The molecule has 2 rings (SSSR count). The summed E-state index contributed by atoms with van der Waals surface area (Å²) in [5.41, 5.74) is 2.48. The van der Waals surface area contributed by atoms with Gasteiger partial charge >= 0.3 is 0 Å². The third kappa shape index (κ3) is 6.38. The molecule has 1 heterocycles. The average Bonchev–Trinajstić information content (AvgIpc) is 2.58. The molecule has 1 atom stereocenters. The number of aliphatic hydroxyl groups is 1. The van der Waals surface area contributed by atoms with E-state index in [1.54, 1.807) is 0 Å². The van der Waals surface area contributed by atoms with Crippen molar-refractivity contribution in [3.63, 3.8) is 0 Å². The lowest BCUT2D eigenvalue weighted by Crippen LogP contribution is -2.56. The minimum absolute atomic E-state index is 0.175. The lowest BCUT2D eigenvalue weighted by molar-refractivity contribution is -0.135. The average molecular weight is 362 g/mol. The Morgan fingerprint density at radius 1 is 1.27 bits per heavy atom. The molecule has 0 bridgehead atoms. The quantitative estimate of drug-likeness (QED) is 0.769. The molecule has 1 aliphatic heterocycles. The van der Waals surface area contributed by atoms with Crippen molar-refractivity contribution in [1.82, 2.24) is 14.7 Å². The van der Waals surface area contributed by atoms with E-state index in [-0.39, 0.29) is 18.6 Å². The molecule has 1 aromatic rings. The standard InChI is InChI=1S/C21H35N3O2/c1-17(2)13-23-10-11-24(15-20(23)9-12-25)21(26)16-22(4)14-19-7-5-18(3)6-8-19/h5-8,17,20,25H,9-16H2,1-4H3. The third-order valence-corrected chi connectivity index (χ3v) is 5.00. The first-order valence-corrected chi connectivity index (χ1v) is 9.75. The highest BCUT2D eigenvalue weighted by Crippen LogP contribution is 2.15. The number of nitrogens with zero attached hydrogens (tertiary/aromatic N) is 3. The van der Waals surface area contributed by atoms with Crippen LogP contribution in [0.5, 0.6) is 0 Å². The Hall–Kier alpha value is -1.43. The Morgan fingerprint density at radius 3 is 2.58 bits per heavy atom. The zero-order valence-electron chi connectivity index (χ0n) is 16.8. The molecule has 0 aliphatic carbocycles. The predicted molar refractivity (Wildman–Crippen MR) is 106 cm³/mol. The van der Waals surface area contributed by atoms with Crippen molar-refractivity contribution in [2.75, 3.05) is 46.4 Å². The number of aryl methyl sites for hydroxylation is 1. The molecule has 1 saturated heterocycles. The third-order valence-electron chi connectivity index (χ3n) is 5.00. The van der Waals surface area contributed by atoms with Gasteiger partial charge in [0.05, 0.1) is 6.54 Å². The van der Waals surface area contributed by atoms with Crippen LogP contribution in [0.25, 0.3) is 0 Å². The van der Waals surface area contributed by atoms with Crippen LogP contribution >= 0.6 is 0 Å². The van der Waals surface area contributed by atoms with Gasteiger partial charge in [-0.2, -0.15) is 0 Å². The van der Waals surface area contributed by atoms with Gasteiger partial charge in [-0.25, -0.2) is 0 Å². The minimum atomic E-state index is 0.175. The first-order valence-electron chi connectivity index (χ1n) is 9.75. The molecular formula is C21H35N3O2. The molecule has 26 heavy (non-hydrogen) atoms. The molecule has 0 radical (unpaired) electrons. The topological polar surface area (TPSA) is 47.0 Å². The zero-order valence-corrected chi connectivity index (χ0v) is 16.8. The maximum Gasteiger partial charge on any atom is 0.236 e. The van der Waals surface area contributed by atoms with E-state index in [1.165, 1.54) is 11.1 Å². The smallest absolute Gasteiger partial charge is 0.236 e. The van der Waals surface area contributed by atoms with E-state index in [4.69, 9.17) is 0 Å². The predicted octanol–water partition coefficient (Wildman–Crippen LogP) is 1.98. The summed E-state index contributed by atoms with van der Waals surface area (Å²) in [5.74, 6) is 0.783. The fraction of sp³-hybridized carbons (Fsp3) is 0.667. The van der Waals surface area contributed by atoms with Crippen molar-refractivity contribution in [2.45, 2.75) is 39.8 Å². The zero-order chi connectivity index (χ0) is 19.1. The number of carbonyl (C=O) groups excluding carboxylic acids is 1. The van der Waals surface area contributed by atoms with E-state index in [0.717, 1.165) is 39.1 Å².